The molecule has 6 heteroatoms. The molecule has 0 radical (unpaired) electrons. The Morgan fingerprint density at radius 3 is 0.944 bits per heavy atom. The molecule has 0 saturated heterocycles. The molecule has 0 aliphatic rings. The van der Waals surface area contributed by atoms with Crippen molar-refractivity contribution in [1.82, 2.24) is 0 Å². The van der Waals surface area contributed by atoms with Crippen molar-refractivity contribution in [3.63, 3.8) is 0 Å². The Hall–Kier alpha value is -5.75. The number of esters is 3. The van der Waals surface area contributed by atoms with Crippen LogP contribution in [0.15, 0.2) is 194 Å². The van der Waals surface area contributed by atoms with E-state index in [1.807, 2.05) is 18.2 Å². The molecule has 0 aliphatic carbocycles. The maximum absolute atomic E-state index is 12.8. The third kappa shape index (κ3) is 55.1. The van der Waals surface area contributed by atoms with Crippen LogP contribution in [-0.2, 0) is 28.6 Å². The molecule has 0 heterocycles. The Morgan fingerprint density at radius 2 is 0.592 bits per heavy atom. The van der Waals surface area contributed by atoms with Gasteiger partial charge in [-0.2, -0.15) is 0 Å². The summed E-state index contributed by atoms with van der Waals surface area (Å²) in [4.78, 5) is 38.0. The number of allylic oxidation sites excluding steroid dienone is 31. The van der Waals surface area contributed by atoms with E-state index in [9.17, 15) is 14.4 Å². The van der Waals surface area contributed by atoms with Crippen molar-refractivity contribution in [2.24, 2.45) is 0 Å². The minimum Gasteiger partial charge on any atom is -0.462 e. The molecule has 0 amide bonds. The number of unbranched alkanes of at least 4 members (excludes halogenated alkanes) is 3. The van der Waals surface area contributed by atoms with Gasteiger partial charge in [0.15, 0.2) is 6.10 Å². The van der Waals surface area contributed by atoms with Gasteiger partial charge in [-0.25, -0.2) is 0 Å². The maximum atomic E-state index is 12.8. The van der Waals surface area contributed by atoms with Crippen molar-refractivity contribution in [1.29, 1.82) is 0 Å². The van der Waals surface area contributed by atoms with Crippen molar-refractivity contribution in [2.45, 2.75) is 181 Å². The molecule has 71 heavy (non-hydrogen) atoms. The molecule has 0 aliphatic heterocycles. The Labute approximate surface area is 433 Å². The smallest absolute Gasteiger partial charge is 0.309 e. The van der Waals surface area contributed by atoms with Crippen LogP contribution in [0.5, 0.6) is 0 Å². The third-order valence-electron chi connectivity index (χ3n) is 10.1. The average Bonchev–Trinajstić information content (AvgIpc) is 3.37. The zero-order chi connectivity index (χ0) is 51.4. The lowest BCUT2D eigenvalue weighted by Gasteiger charge is -2.18. The molecule has 0 rings (SSSR count). The van der Waals surface area contributed by atoms with Crippen LogP contribution in [0.3, 0.4) is 0 Å². The minimum atomic E-state index is -0.879. The standard InChI is InChI=1S/C65H94O6/c1-4-7-10-13-16-19-22-25-28-30-32-34-37-40-43-46-49-52-55-58-64(67)70-61-62(60-69-63(66)57-54-51-48-45-42-39-36-27-24-21-18-15-12-9-6-3)71-65(68)59-56-53-50-47-44-41-38-35-33-31-29-26-23-20-17-14-11-8-5-2/h7-12,16-21,25-29,32-36,40-45,49,51-52,54,62H,4-6,13-15,22-24,30-31,37-39,46-48,50,53,55-61H2,1-3H3/b10-7-,11-8-,12-9-,19-16-,20-17-,21-18-,28-25-,29-26-,34-32-,35-33-,36-27-,43-40-,44-41-,45-42-,52-49-,54-51-. The fraction of sp³-hybridized carbons (Fsp3) is 0.462. The molecular weight excluding hydrogens is 877 g/mol. The molecule has 0 bridgehead atoms. The Balaban J connectivity index is 4.73. The van der Waals surface area contributed by atoms with E-state index in [4.69, 9.17) is 14.2 Å². The lowest BCUT2D eigenvalue weighted by molar-refractivity contribution is -0.166. The van der Waals surface area contributed by atoms with E-state index < -0.39 is 24.0 Å². The van der Waals surface area contributed by atoms with E-state index >= 15 is 0 Å². The van der Waals surface area contributed by atoms with E-state index in [1.165, 1.54) is 0 Å². The molecule has 0 fully saturated rings. The number of rotatable bonds is 45. The molecular formula is C65H94O6. The molecule has 0 aromatic carbocycles. The van der Waals surface area contributed by atoms with E-state index in [2.05, 4.69) is 191 Å². The fourth-order valence-electron chi connectivity index (χ4n) is 6.21. The highest BCUT2D eigenvalue weighted by Crippen LogP contribution is 2.09. The second kappa shape index (κ2) is 56.8. The van der Waals surface area contributed by atoms with Crippen molar-refractivity contribution in [2.75, 3.05) is 13.2 Å². The van der Waals surface area contributed by atoms with Crippen LogP contribution in [0, 0.1) is 0 Å². The predicted octanol–water partition coefficient (Wildman–Crippen LogP) is 18.3. The number of carbonyl (C=O) groups is 3. The zero-order valence-electron chi connectivity index (χ0n) is 44.4. The van der Waals surface area contributed by atoms with Gasteiger partial charge in [-0.1, -0.05) is 222 Å². The molecule has 0 N–H and O–H groups in total. The van der Waals surface area contributed by atoms with Crippen molar-refractivity contribution in [3.05, 3.63) is 194 Å². The molecule has 0 aromatic rings. The summed E-state index contributed by atoms with van der Waals surface area (Å²) in [6, 6.07) is 0. The number of carbonyl (C=O) groups excluding carboxylic acids is 3. The third-order valence-corrected chi connectivity index (χ3v) is 10.1. The first kappa shape index (κ1) is 65.2. The Morgan fingerprint density at radius 1 is 0.296 bits per heavy atom. The summed E-state index contributed by atoms with van der Waals surface area (Å²) >= 11 is 0. The summed E-state index contributed by atoms with van der Waals surface area (Å²) < 4.78 is 16.6. The van der Waals surface area contributed by atoms with Gasteiger partial charge in [0.05, 0.1) is 6.42 Å². The maximum Gasteiger partial charge on any atom is 0.309 e. The number of hydrogen-bond acceptors (Lipinski definition) is 6. The summed E-state index contributed by atoms with van der Waals surface area (Å²) in [7, 11) is 0. The first-order valence-electron chi connectivity index (χ1n) is 26.9. The Kier molecular flexibility index (Phi) is 52.2. The molecule has 390 valence electrons. The fourth-order valence-corrected chi connectivity index (χ4v) is 6.21. The van der Waals surface area contributed by atoms with Gasteiger partial charge < -0.3 is 14.2 Å². The second-order valence-electron chi connectivity index (χ2n) is 16.7. The van der Waals surface area contributed by atoms with E-state index in [0.717, 1.165) is 116 Å². The molecule has 1 atom stereocenters. The lowest BCUT2D eigenvalue weighted by Crippen LogP contribution is -2.30. The van der Waals surface area contributed by atoms with Gasteiger partial charge in [0.1, 0.15) is 13.2 Å². The molecule has 0 saturated carbocycles. The monoisotopic (exact) mass is 971 g/mol. The van der Waals surface area contributed by atoms with E-state index in [0.29, 0.717) is 19.3 Å². The van der Waals surface area contributed by atoms with Gasteiger partial charge in [-0.3, -0.25) is 14.4 Å². The van der Waals surface area contributed by atoms with Gasteiger partial charge in [-0.15, -0.1) is 0 Å². The minimum absolute atomic E-state index is 0.0951. The van der Waals surface area contributed by atoms with Crippen LogP contribution >= 0.6 is 0 Å². The zero-order valence-corrected chi connectivity index (χ0v) is 44.4. The first-order chi connectivity index (χ1) is 35.0. The quantitative estimate of drug-likeness (QED) is 0.0262. The van der Waals surface area contributed by atoms with E-state index in [-0.39, 0.29) is 32.5 Å². The van der Waals surface area contributed by atoms with Crippen LogP contribution in [0.4, 0.5) is 0 Å². The predicted molar refractivity (Wildman–Crippen MR) is 306 cm³/mol. The van der Waals surface area contributed by atoms with Crippen LogP contribution in [0.1, 0.15) is 175 Å². The van der Waals surface area contributed by atoms with Gasteiger partial charge in [0.25, 0.3) is 0 Å². The summed E-state index contributed by atoms with van der Waals surface area (Å²) in [5.74, 6) is -1.23. The summed E-state index contributed by atoms with van der Waals surface area (Å²) in [5, 5.41) is 0. The van der Waals surface area contributed by atoms with Crippen LogP contribution in [-0.4, -0.2) is 37.2 Å². The lowest BCUT2D eigenvalue weighted by atomic mass is 10.1. The highest BCUT2D eigenvalue weighted by Gasteiger charge is 2.19. The molecule has 1 unspecified atom stereocenters. The van der Waals surface area contributed by atoms with Crippen LogP contribution in [0.25, 0.3) is 0 Å². The summed E-state index contributed by atoms with van der Waals surface area (Å²) in [6.07, 6.45) is 87.4. The first-order valence-corrected chi connectivity index (χ1v) is 26.9. The highest BCUT2D eigenvalue weighted by atomic mass is 16.6. The number of ether oxygens (including phenoxy) is 3. The van der Waals surface area contributed by atoms with Crippen molar-refractivity contribution in [3.8, 4) is 0 Å². The molecule has 0 aromatic heterocycles. The van der Waals surface area contributed by atoms with Crippen LogP contribution in [0.2, 0.25) is 0 Å². The summed E-state index contributed by atoms with van der Waals surface area (Å²) in [5.41, 5.74) is 0. The highest BCUT2D eigenvalue weighted by molar-refractivity contribution is 5.72. The molecule has 6 nitrogen and oxygen atoms in total. The topological polar surface area (TPSA) is 78.9 Å². The summed E-state index contributed by atoms with van der Waals surface area (Å²) in [6.45, 7) is 6.08. The normalized spacial score (nSPS) is 13.7. The average molecular weight is 971 g/mol. The van der Waals surface area contributed by atoms with Crippen molar-refractivity contribution >= 4 is 17.9 Å². The SMILES string of the molecule is CC/C=C\C/C=C\C/C=C\C/C=C\C/C=C\C/C=C\CCC(=O)OCC(COC(=O)C/C=C\C/C=C\C/C=C\C/C=C\C/C=C\CC)OC(=O)CCCCC/C=C\C/C=C\C/C=C\C/C=C\C/C=C\CC. The largest absolute Gasteiger partial charge is 0.462 e. The Bertz CT molecular complexity index is 1780. The molecule has 0 spiro atoms. The number of hydrogen-bond donors (Lipinski definition) is 0. The van der Waals surface area contributed by atoms with Crippen LogP contribution < -0.4 is 0 Å². The van der Waals surface area contributed by atoms with Gasteiger partial charge in [0.2, 0.25) is 0 Å². The van der Waals surface area contributed by atoms with Gasteiger partial charge in [0, 0.05) is 12.8 Å². The van der Waals surface area contributed by atoms with Gasteiger partial charge >= 0.3 is 17.9 Å². The van der Waals surface area contributed by atoms with Gasteiger partial charge in [-0.05, 0) is 128 Å². The second-order valence-corrected chi connectivity index (χ2v) is 16.7. The van der Waals surface area contributed by atoms with E-state index in [1.54, 1.807) is 6.08 Å². The van der Waals surface area contributed by atoms with Crippen molar-refractivity contribution < 1.29 is 28.6 Å².